The minimum atomic E-state index is -0.0478. The topological polar surface area (TPSA) is 59.8 Å². The number of hydrogen-bond donors (Lipinski definition) is 1. The van der Waals surface area contributed by atoms with Gasteiger partial charge in [0.15, 0.2) is 0 Å². The Hall–Kier alpha value is -1.69. The van der Waals surface area contributed by atoms with E-state index in [1.807, 2.05) is 25.3 Å². The molecule has 1 atom stereocenters. The lowest BCUT2D eigenvalue weighted by atomic mass is 9.86. The Morgan fingerprint density at radius 2 is 2.14 bits per heavy atom. The number of aromatic nitrogens is 3. The Morgan fingerprint density at radius 1 is 1.43 bits per heavy atom. The zero-order valence-electron chi connectivity index (χ0n) is 13.2. The first-order valence-electron chi connectivity index (χ1n) is 6.98. The standard InChI is InChI=1S/C15H22N4OS/c1-10-16-11(2)19(18-10)9-13(20)17-14(15(3,4)5)12-7-6-8-21-12/h6-8,14H,9H2,1-5H3,(H,17,20)/t14-/m1/s1. The van der Waals surface area contributed by atoms with Gasteiger partial charge >= 0.3 is 0 Å². The van der Waals surface area contributed by atoms with Crippen molar-refractivity contribution in [3.8, 4) is 0 Å². The van der Waals surface area contributed by atoms with Gasteiger partial charge in [-0.15, -0.1) is 11.3 Å². The highest BCUT2D eigenvalue weighted by molar-refractivity contribution is 7.10. The molecule has 114 valence electrons. The SMILES string of the molecule is Cc1nc(C)n(CC(=O)N[C@H](c2cccs2)C(C)(C)C)n1. The van der Waals surface area contributed by atoms with Crippen molar-refractivity contribution in [1.82, 2.24) is 20.1 Å². The fourth-order valence-corrected chi connectivity index (χ4v) is 3.24. The van der Waals surface area contributed by atoms with Crippen LogP contribution in [0, 0.1) is 19.3 Å². The normalized spacial score (nSPS) is 13.2. The second-order valence-electron chi connectivity index (χ2n) is 6.25. The van der Waals surface area contributed by atoms with E-state index in [0.29, 0.717) is 5.82 Å². The molecule has 0 aliphatic rings. The van der Waals surface area contributed by atoms with Gasteiger partial charge in [0.2, 0.25) is 5.91 Å². The molecule has 0 aliphatic carbocycles. The lowest BCUT2D eigenvalue weighted by Gasteiger charge is -2.30. The molecule has 0 bridgehead atoms. The summed E-state index contributed by atoms with van der Waals surface area (Å²) in [6.45, 7) is 10.3. The van der Waals surface area contributed by atoms with E-state index in [1.165, 1.54) is 4.88 Å². The molecule has 0 spiro atoms. The van der Waals surface area contributed by atoms with E-state index >= 15 is 0 Å². The van der Waals surface area contributed by atoms with E-state index in [2.05, 4.69) is 42.2 Å². The molecule has 0 radical (unpaired) electrons. The lowest BCUT2D eigenvalue weighted by Crippen LogP contribution is -2.38. The van der Waals surface area contributed by atoms with Crippen molar-refractivity contribution < 1.29 is 4.79 Å². The zero-order chi connectivity index (χ0) is 15.6. The summed E-state index contributed by atoms with van der Waals surface area (Å²) in [7, 11) is 0. The number of nitrogens with one attached hydrogen (secondary N) is 1. The number of hydrogen-bond acceptors (Lipinski definition) is 4. The smallest absolute Gasteiger partial charge is 0.242 e. The van der Waals surface area contributed by atoms with Crippen molar-refractivity contribution in [2.75, 3.05) is 0 Å². The summed E-state index contributed by atoms with van der Waals surface area (Å²) in [5.74, 6) is 1.40. The van der Waals surface area contributed by atoms with Crippen molar-refractivity contribution in [3.63, 3.8) is 0 Å². The van der Waals surface area contributed by atoms with Crippen LogP contribution < -0.4 is 5.32 Å². The molecule has 0 unspecified atom stereocenters. The molecule has 0 fully saturated rings. The maximum atomic E-state index is 12.3. The number of carbonyl (C=O) groups excluding carboxylic acids is 1. The summed E-state index contributed by atoms with van der Waals surface area (Å²) in [5.41, 5.74) is -0.0478. The minimum Gasteiger partial charge on any atom is -0.346 e. The van der Waals surface area contributed by atoms with Crippen LogP contribution in [-0.2, 0) is 11.3 Å². The van der Waals surface area contributed by atoms with Crippen LogP contribution in [0.25, 0.3) is 0 Å². The van der Waals surface area contributed by atoms with Crippen LogP contribution in [0.1, 0.15) is 43.3 Å². The van der Waals surface area contributed by atoms with E-state index in [0.717, 1.165) is 5.82 Å². The molecular weight excluding hydrogens is 284 g/mol. The van der Waals surface area contributed by atoms with Crippen LogP contribution in [0.15, 0.2) is 17.5 Å². The van der Waals surface area contributed by atoms with E-state index in [-0.39, 0.29) is 23.9 Å². The van der Waals surface area contributed by atoms with E-state index in [9.17, 15) is 4.79 Å². The largest absolute Gasteiger partial charge is 0.346 e. The monoisotopic (exact) mass is 306 g/mol. The number of aryl methyl sites for hydroxylation is 2. The zero-order valence-corrected chi connectivity index (χ0v) is 14.0. The van der Waals surface area contributed by atoms with Crippen LogP contribution >= 0.6 is 11.3 Å². The molecule has 2 heterocycles. The number of amides is 1. The Morgan fingerprint density at radius 3 is 2.62 bits per heavy atom. The second kappa shape index (κ2) is 5.97. The summed E-state index contributed by atoms with van der Waals surface area (Å²) in [4.78, 5) is 17.7. The molecule has 0 aliphatic heterocycles. The number of nitrogens with zero attached hydrogens (tertiary/aromatic N) is 3. The maximum Gasteiger partial charge on any atom is 0.242 e. The van der Waals surface area contributed by atoms with Crippen molar-refractivity contribution in [2.45, 2.75) is 47.2 Å². The van der Waals surface area contributed by atoms with Gasteiger partial charge < -0.3 is 5.32 Å². The van der Waals surface area contributed by atoms with Gasteiger partial charge in [-0.05, 0) is 30.7 Å². The molecule has 2 aromatic rings. The van der Waals surface area contributed by atoms with E-state index < -0.39 is 0 Å². The van der Waals surface area contributed by atoms with Gasteiger partial charge in [0.1, 0.15) is 18.2 Å². The fraction of sp³-hybridized carbons (Fsp3) is 0.533. The molecule has 21 heavy (non-hydrogen) atoms. The molecule has 0 aromatic carbocycles. The average Bonchev–Trinajstić information content (AvgIpc) is 2.95. The predicted molar refractivity (Wildman–Crippen MR) is 84.2 cm³/mol. The molecule has 2 aromatic heterocycles. The summed E-state index contributed by atoms with van der Waals surface area (Å²) in [6.07, 6.45) is 0. The third-order valence-electron chi connectivity index (χ3n) is 3.26. The first-order chi connectivity index (χ1) is 9.77. The van der Waals surface area contributed by atoms with Crippen LogP contribution in [0.4, 0.5) is 0 Å². The Bertz CT molecular complexity index is 610. The first kappa shape index (κ1) is 15.7. The molecule has 1 amide bonds. The van der Waals surface area contributed by atoms with Crippen molar-refractivity contribution in [1.29, 1.82) is 0 Å². The van der Waals surface area contributed by atoms with E-state index in [4.69, 9.17) is 0 Å². The number of rotatable bonds is 4. The third kappa shape index (κ3) is 3.91. The van der Waals surface area contributed by atoms with Crippen LogP contribution in [0.5, 0.6) is 0 Å². The Balaban J connectivity index is 2.10. The van der Waals surface area contributed by atoms with Gasteiger partial charge in [-0.3, -0.25) is 4.79 Å². The van der Waals surface area contributed by atoms with Crippen molar-refractivity contribution >= 4 is 17.2 Å². The maximum absolute atomic E-state index is 12.3. The number of thiophene rings is 1. The lowest BCUT2D eigenvalue weighted by molar-refractivity contribution is -0.123. The first-order valence-corrected chi connectivity index (χ1v) is 7.86. The third-order valence-corrected chi connectivity index (χ3v) is 4.19. The molecule has 1 N–H and O–H groups in total. The van der Waals surface area contributed by atoms with Crippen molar-refractivity contribution in [2.24, 2.45) is 5.41 Å². The van der Waals surface area contributed by atoms with Crippen molar-refractivity contribution in [3.05, 3.63) is 34.0 Å². The Labute approximate surface area is 129 Å². The summed E-state index contributed by atoms with van der Waals surface area (Å²) >= 11 is 1.66. The van der Waals surface area contributed by atoms with E-state index in [1.54, 1.807) is 16.0 Å². The second-order valence-corrected chi connectivity index (χ2v) is 7.23. The molecule has 2 rings (SSSR count). The van der Waals surface area contributed by atoms with Gasteiger partial charge in [-0.25, -0.2) is 9.67 Å². The van der Waals surface area contributed by atoms with Gasteiger partial charge in [0.25, 0.3) is 0 Å². The molecule has 0 saturated carbocycles. The average molecular weight is 306 g/mol. The predicted octanol–water partition coefficient (Wildman–Crippen LogP) is 2.86. The Kier molecular flexibility index (Phi) is 4.46. The summed E-state index contributed by atoms with van der Waals surface area (Å²) in [6, 6.07) is 4.07. The quantitative estimate of drug-likeness (QED) is 0.945. The summed E-state index contributed by atoms with van der Waals surface area (Å²) in [5, 5.41) is 9.39. The highest BCUT2D eigenvalue weighted by atomic mass is 32.1. The molecule has 5 nitrogen and oxygen atoms in total. The van der Waals surface area contributed by atoms with Gasteiger partial charge in [-0.2, -0.15) is 5.10 Å². The van der Waals surface area contributed by atoms with Crippen LogP contribution in [0.2, 0.25) is 0 Å². The van der Waals surface area contributed by atoms with Gasteiger partial charge in [0, 0.05) is 4.88 Å². The highest BCUT2D eigenvalue weighted by Gasteiger charge is 2.28. The van der Waals surface area contributed by atoms with Crippen LogP contribution in [0.3, 0.4) is 0 Å². The van der Waals surface area contributed by atoms with Gasteiger partial charge in [0.05, 0.1) is 6.04 Å². The highest BCUT2D eigenvalue weighted by Crippen LogP contribution is 2.35. The number of carbonyl (C=O) groups is 1. The summed E-state index contributed by atoms with van der Waals surface area (Å²) < 4.78 is 1.64. The molecule has 6 heteroatoms. The molecular formula is C15H22N4OS. The van der Waals surface area contributed by atoms with Gasteiger partial charge in [-0.1, -0.05) is 26.8 Å². The van der Waals surface area contributed by atoms with Crippen LogP contribution in [-0.4, -0.2) is 20.7 Å². The minimum absolute atomic E-state index is 0.00470. The fourth-order valence-electron chi connectivity index (χ4n) is 2.22. The molecule has 0 saturated heterocycles.